The first kappa shape index (κ1) is 18.8. The molecule has 0 aromatic carbocycles. The van der Waals surface area contributed by atoms with Crippen LogP contribution in [0.15, 0.2) is 11.0 Å². The van der Waals surface area contributed by atoms with Crippen molar-refractivity contribution in [3.63, 3.8) is 0 Å². The predicted molar refractivity (Wildman–Crippen MR) is 83.6 cm³/mol. The van der Waals surface area contributed by atoms with Gasteiger partial charge in [0.2, 0.25) is 0 Å². The summed E-state index contributed by atoms with van der Waals surface area (Å²) in [6.45, 7) is 1.33. The number of nitrogens with zero attached hydrogens (tertiary/aromatic N) is 2. The van der Waals surface area contributed by atoms with Crippen molar-refractivity contribution in [3.8, 4) is 0 Å². The van der Waals surface area contributed by atoms with Crippen LogP contribution in [-0.4, -0.2) is 59.4 Å². The molecular formula is C13H21N3O7S. The van der Waals surface area contributed by atoms with Crippen LogP contribution in [0.3, 0.4) is 0 Å². The van der Waals surface area contributed by atoms with Crippen LogP contribution in [0, 0.1) is 0 Å². The summed E-state index contributed by atoms with van der Waals surface area (Å²) in [6.07, 6.45) is -1.63. The number of anilines is 1. The molecule has 2 heterocycles. The van der Waals surface area contributed by atoms with E-state index in [1.54, 1.807) is 0 Å². The number of aromatic nitrogens is 2. The molecule has 2 rings (SSSR count). The summed E-state index contributed by atoms with van der Waals surface area (Å²) in [5, 5.41) is 19.7. The average molecular weight is 363 g/mol. The van der Waals surface area contributed by atoms with E-state index < -0.39 is 47.0 Å². The van der Waals surface area contributed by atoms with E-state index in [4.69, 9.17) is 14.7 Å². The summed E-state index contributed by atoms with van der Waals surface area (Å²) in [7, 11) is -3.90. The summed E-state index contributed by atoms with van der Waals surface area (Å²) < 4.78 is 33.9. The third-order valence-corrected chi connectivity index (χ3v) is 4.20. The van der Waals surface area contributed by atoms with Gasteiger partial charge in [-0.25, -0.2) is 4.79 Å². The number of aliphatic hydroxyl groups is 2. The molecule has 1 aromatic heterocycles. The third kappa shape index (κ3) is 3.92. The first-order valence-corrected chi connectivity index (χ1v) is 9.19. The summed E-state index contributed by atoms with van der Waals surface area (Å²) in [5.41, 5.74) is 5.54. The fourth-order valence-electron chi connectivity index (χ4n) is 2.58. The van der Waals surface area contributed by atoms with Gasteiger partial charge >= 0.3 is 5.69 Å². The van der Waals surface area contributed by atoms with E-state index in [9.17, 15) is 23.4 Å². The van der Waals surface area contributed by atoms with Crippen LogP contribution in [0.4, 0.5) is 5.82 Å². The highest BCUT2D eigenvalue weighted by Crippen LogP contribution is 2.31. The number of hydrogen-bond acceptors (Lipinski definition) is 9. The fourth-order valence-corrected chi connectivity index (χ4v) is 3.22. The number of nitrogens with two attached hydrogens (primary N) is 1. The van der Waals surface area contributed by atoms with Crippen LogP contribution in [0.2, 0.25) is 0 Å². The van der Waals surface area contributed by atoms with Crippen LogP contribution in [0.1, 0.15) is 25.1 Å². The second-order valence-electron chi connectivity index (χ2n) is 5.59. The van der Waals surface area contributed by atoms with Crippen LogP contribution < -0.4 is 11.4 Å². The SMILES string of the molecule is CCCc1cn([C@@H]2O[C@H](CO)[C@H](OS(C)(=O)=O)[C@H]2O)c(=O)nc1N. The first-order valence-electron chi connectivity index (χ1n) is 7.38. The summed E-state index contributed by atoms with van der Waals surface area (Å²) in [6, 6.07) is 0. The zero-order chi connectivity index (χ0) is 18.1. The van der Waals surface area contributed by atoms with E-state index in [-0.39, 0.29) is 5.82 Å². The van der Waals surface area contributed by atoms with E-state index in [0.717, 1.165) is 17.2 Å². The van der Waals surface area contributed by atoms with Crippen molar-refractivity contribution in [2.24, 2.45) is 0 Å². The molecule has 0 saturated carbocycles. The first-order chi connectivity index (χ1) is 11.2. The van der Waals surface area contributed by atoms with E-state index >= 15 is 0 Å². The van der Waals surface area contributed by atoms with Gasteiger partial charge in [0.15, 0.2) is 6.23 Å². The molecule has 0 aliphatic carbocycles. The fraction of sp³-hybridized carbons (Fsp3) is 0.692. The Morgan fingerprint density at radius 1 is 1.50 bits per heavy atom. The van der Waals surface area contributed by atoms with Crippen molar-refractivity contribution in [1.29, 1.82) is 0 Å². The Balaban J connectivity index is 2.39. The van der Waals surface area contributed by atoms with Gasteiger partial charge in [-0.05, 0) is 6.42 Å². The van der Waals surface area contributed by atoms with Crippen molar-refractivity contribution >= 4 is 15.9 Å². The molecule has 136 valence electrons. The predicted octanol–water partition coefficient (Wildman–Crippen LogP) is -1.63. The number of aliphatic hydroxyl groups excluding tert-OH is 2. The number of aryl methyl sites for hydroxylation is 1. The quantitative estimate of drug-likeness (QED) is 0.505. The molecule has 1 fully saturated rings. The molecule has 1 aromatic rings. The van der Waals surface area contributed by atoms with Gasteiger partial charge in [0.25, 0.3) is 10.1 Å². The van der Waals surface area contributed by atoms with Crippen molar-refractivity contribution in [2.75, 3.05) is 18.6 Å². The molecule has 1 aliphatic rings. The molecule has 1 saturated heterocycles. The topological polar surface area (TPSA) is 154 Å². The molecule has 4 atom stereocenters. The van der Waals surface area contributed by atoms with Crippen LogP contribution in [0.5, 0.6) is 0 Å². The minimum Gasteiger partial charge on any atom is -0.394 e. The molecule has 0 radical (unpaired) electrons. The minimum absolute atomic E-state index is 0.0910. The lowest BCUT2D eigenvalue weighted by atomic mass is 10.1. The van der Waals surface area contributed by atoms with Crippen molar-refractivity contribution in [2.45, 2.75) is 44.3 Å². The summed E-state index contributed by atoms with van der Waals surface area (Å²) in [5.74, 6) is 0.0910. The number of hydrogen-bond donors (Lipinski definition) is 3. The standard InChI is InChI=1S/C13H21N3O7S/c1-3-4-7-5-16(13(19)15-11(7)14)12-9(18)10(8(6-17)22-12)23-24(2,20)21/h5,8-10,12,17-18H,3-4,6H2,1-2H3,(H2,14,15,19)/t8-,9-,10+,12-/m1/s1. The number of rotatable bonds is 6. The second-order valence-corrected chi connectivity index (χ2v) is 7.20. The number of nitrogen functional groups attached to an aromatic ring is 1. The van der Waals surface area contributed by atoms with Gasteiger partial charge in [-0.15, -0.1) is 0 Å². The Morgan fingerprint density at radius 2 is 2.17 bits per heavy atom. The molecule has 0 bridgehead atoms. The normalized spacial score (nSPS) is 27.5. The van der Waals surface area contributed by atoms with Crippen molar-refractivity contribution in [1.82, 2.24) is 9.55 Å². The van der Waals surface area contributed by atoms with Crippen LogP contribution >= 0.6 is 0 Å². The van der Waals surface area contributed by atoms with Gasteiger partial charge in [-0.2, -0.15) is 13.4 Å². The summed E-state index contributed by atoms with van der Waals surface area (Å²) in [4.78, 5) is 15.8. The third-order valence-electron chi connectivity index (χ3n) is 3.63. The zero-order valence-corrected chi connectivity index (χ0v) is 14.1. The summed E-state index contributed by atoms with van der Waals surface area (Å²) >= 11 is 0. The second kappa shape index (κ2) is 7.15. The van der Waals surface area contributed by atoms with Gasteiger partial charge in [0, 0.05) is 11.8 Å². The van der Waals surface area contributed by atoms with E-state index in [1.165, 1.54) is 6.20 Å². The highest BCUT2D eigenvalue weighted by molar-refractivity contribution is 7.86. The lowest BCUT2D eigenvalue weighted by Crippen LogP contribution is -2.39. The molecule has 10 nitrogen and oxygen atoms in total. The lowest BCUT2D eigenvalue weighted by Gasteiger charge is -2.19. The molecule has 1 aliphatic heterocycles. The molecular weight excluding hydrogens is 342 g/mol. The highest BCUT2D eigenvalue weighted by Gasteiger charge is 2.47. The Labute approximate surface area is 139 Å². The van der Waals surface area contributed by atoms with Crippen molar-refractivity contribution < 1.29 is 27.6 Å². The van der Waals surface area contributed by atoms with Gasteiger partial charge < -0.3 is 20.7 Å². The lowest BCUT2D eigenvalue weighted by molar-refractivity contribution is -0.0543. The minimum atomic E-state index is -3.90. The molecule has 4 N–H and O–H groups in total. The zero-order valence-electron chi connectivity index (χ0n) is 13.3. The van der Waals surface area contributed by atoms with Gasteiger partial charge in [-0.3, -0.25) is 8.75 Å². The van der Waals surface area contributed by atoms with Crippen molar-refractivity contribution in [3.05, 3.63) is 22.2 Å². The van der Waals surface area contributed by atoms with Gasteiger partial charge in [0.05, 0.1) is 12.9 Å². The molecule has 0 unspecified atom stereocenters. The molecule has 0 amide bonds. The Kier molecular flexibility index (Phi) is 5.60. The monoisotopic (exact) mass is 363 g/mol. The Morgan fingerprint density at radius 3 is 2.71 bits per heavy atom. The van der Waals surface area contributed by atoms with E-state index in [1.807, 2.05) is 6.92 Å². The van der Waals surface area contributed by atoms with Gasteiger partial charge in [0.1, 0.15) is 24.1 Å². The maximum absolute atomic E-state index is 12.1. The van der Waals surface area contributed by atoms with E-state index in [0.29, 0.717) is 12.0 Å². The van der Waals surface area contributed by atoms with E-state index in [2.05, 4.69) is 4.98 Å². The number of ether oxygens (including phenoxy) is 1. The maximum Gasteiger partial charge on any atom is 0.351 e. The molecule has 24 heavy (non-hydrogen) atoms. The maximum atomic E-state index is 12.1. The smallest absolute Gasteiger partial charge is 0.351 e. The van der Waals surface area contributed by atoms with Crippen LogP contribution in [0.25, 0.3) is 0 Å². The van der Waals surface area contributed by atoms with Gasteiger partial charge in [-0.1, -0.05) is 13.3 Å². The van der Waals surface area contributed by atoms with Crippen LogP contribution in [-0.2, 0) is 25.5 Å². The largest absolute Gasteiger partial charge is 0.394 e. The molecule has 11 heteroatoms. The Hall–Kier alpha value is -1.53. The molecule has 0 spiro atoms. The average Bonchev–Trinajstić information content (AvgIpc) is 2.77. The highest BCUT2D eigenvalue weighted by atomic mass is 32.2. The Bertz CT molecular complexity index is 748.